The summed E-state index contributed by atoms with van der Waals surface area (Å²) in [6.07, 6.45) is 0. The molecule has 0 fully saturated rings. The molecule has 1 heterocycles. The van der Waals surface area contributed by atoms with Crippen LogP contribution in [0.3, 0.4) is 0 Å². The monoisotopic (exact) mass is 405 g/mol. The molecule has 4 aromatic rings. The normalized spacial score (nSPS) is 12.1. The Hall–Kier alpha value is -3.45. The number of aromatic nitrogens is 1. The lowest BCUT2D eigenvalue weighted by atomic mass is 10.1. The Morgan fingerprint density at radius 1 is 0.828 bits per heavy atom. The number of azo groups is 1. The van der Waals surface area contributed by atoms with Crippen LogP contribution in [0.1, 0.15) is 11.1 Å². The standard InChI is InChI=1S/C22H19N3O3S/c1-14-6-10-17(11-7-14)29(27,28)18-12-8-16(9-13-18)24-25-21-19-5-3-4-15(2)20(19)23-22(21)26/h3-13,23,26H,1-2H3. The summed E-state index contributed by atoms with van der Waals surface area (Å²) in [4.78, 5) is 3.34. The summed E-state index contributed by atoms with van der Waals surface area (Å²) in [6.45, 7) is 3.84. The molecule has 2 N–H and O–H groups in total. The van der Waals surface area contributed by atoms with Crippen LogP contribution in [-0.4, -0.2) is 18.5 Å². The smallest absolute Gasteiger partial charge is 0.218 e. The fraction of sp³-hybridized carbons (Fsp3) is 0.0909. The molecule has 6 nitrogen and oxygen atoms in total. The molecule has 0 aliphatic carbocycles. The van der Waals surface area contributed by atoms with Crippen LogP contribution in [0.2, 0.25) is 0 Å². The van der Waals surface area contributed by atoms with Gasteiger partial charge in [-0.25, -0.2) is 8.42 Å². The topological polar surface area (TPSA) is 94.9 Å². The van der Waals surface area contributed by atoms with Crippen molar-refractivity contribution in [3.8, 4) is 5.88 Å². The van der Waals surface area contributed by atoms with Crippen molar-refractivity contribution in [3.63, 3.8) is 0 Å². The van der Waals surface area contributed by atoms with Crippen molar-refractivity contribution in [3.05, 3.63) is 77.9 Å². The predicted octanol–water partition coefficient (Wildman–Crippen LogP) is 5.74. The molecule has 0 aliphatic rings. The Labute approximate surface area is 168 Å². The number of hydrogen-bond acceptors (Lipinski definition) is 5. The Morgan fingerprint density at radius 3 is 2.10 bits per heavy atom. The van der Waals surface area contributed by atoms with Gasteiger partial charge in [0.1, 0.15) is 0 Å². The minimum atomic E-state index is -3.59. The number of nitrogens with zero attached hydrogens (tertiary/aromatic N) is 2. The van der Waals surface area contributed by atoms with Crippen molar-refractivity contribution < 1.29 is 13.5 Å². The van der Waals surface area contributed by atoms with E-state index in [1.165, 1.54) is 12.1 Å². The van der Waals surface area contributed by atoms with Gasteiger partial charge in [-0.15, -0.1) is 5.11 Å². The van der Waals surface area contributed by atoms with Gasteiger partial charge in [-0.1, -0.05) is 35.9 Å². The van der Waals surface area contributed by atoms with Gasteiger partial charge in [-0.3, -0.25) is 0 Å². The number of aromatic hydroxyl groups is 1. The Balaban J connectivity index is 1.63. The summed E-state index contributed by atoms with van der Waals surface area (Å²) < 4.78 is 25.5. The summed E-state index contributed by atoms with van der Waals surface area (Å²) >= 11 is 0. The van der Waals surface area contributed by atoms with Crippen LogP contribution < -0.4 is 0 Å². The Kier molecular flexibility index (Phi) is 4.68. The number of benzene rings is 3. The van der Waals surface area contributed by atoms with E-state index in [9.17, 15) is 13.5 Å². The van der Waals surface area contributed by atoms with Crippen molar-refractivity contribution in [2.45, 2.75) is 23.6 Å². The molecule has 0 atom stereocenters. The number of rotatable bonds is 4. The molecule has 0 radical (unpaired) electrons. The van der Waals surface area contributed by atoms with E-state index in [1.54, 1.807) is 36.4 Å². The van der Waals surface area contributed by atoms with Crippen LogP contribution >= 0.6 is 0 Å². The first kappa shape index (κ1) is 18.9. The molecule has 1 aromatic heterocycles. The fourth-order valence-corrected chi connectivity index (χ4v) is 4.35. The highest BCUT2D eigenvalue weighted by atomic mass is 32.2. The maximum absolute atomic E-state index is 12.7. The van der Waals surface area contributed by atoms with Crippen LogP contribution in [0.5, 0.6) is 5.88 Å². The molecule has 29 heavy (non-hydrogen) atoms. The van der Waals surface area contributed by atoms with E-state index in [4.69, 9.17) is 0 Å². The van der Waals surface area contributed by atoms with Crippen molar-refractivity contribution in [1.82, 2.24) is 4.98 Å². The van der Waals surface area contributed by atoms with Gasteiger partial charge in [0.25, 0.3) is 0 Å². The van der Waals surface area contributed by atoms with Crippen LogP contribution in [0.15, 0.2) is 86.7 Å². The molecular weight excluding hydrogens is 386 g/mol. The summed E-state index contributed by atoms with van der Waals surface area (Å²) in [5, 5.41) is 19.2. The molecule has 3 aromatic carbocycles. The van der Waals surface area contributed by atoms with E-state index in [1.807, 2.05) is 32.0 Å². The second-order valence-corrected chi connectivity index (χ2v) is 8.78. The zero-order valence-corrected chi connectivity index (χ0v) is 16.7. The number of aromatic amines is 1. The molecule has 0 bridgehead atoms. The lowest BCUT2D eigenvalue weighted by Gasteiger charge is -2.05. The van der Waals surface area contributed by atoms with Crippen molar-refractivity contribution >= 4 is 32.1 Å². The number of fused-ring (bicyclic) bond motifs is 1. The van der Waals surface area contributed by atoms with Gasteiger partial charge < -0.3 is 10.1 Å². The first-order valence-corrected chi connectivity index (χ1v) is 10.5. The fourth-order valence-electron chi connectivity index (χ4n) is 3.09. The van der Waals surface area contributed by atoms with Gasteiger partial charge in [0, 0.05) is 5.39 Å². The molecule has 0 aliphatic heterocycles. The Bertz CT molecular complexity index is 1320. The average molecular weight is 405 g/mol. The average Bonchev–Trinajstić information content (AvgIpc) is 3.04. The highest BCUT2D eigenvalue weighted by Crippen LogP contribution is 2.37. The minimum absolute atomic E-state index is 0.0587. The summed E-state index contributed by atoms with van der Waals surface area (Å²) in [5.74, 6) is -0.0587. The van der Waals surface area contributed by atoms with Crippen LogP contribution in [0.25, 0.3) is 10.9 Å². The molecule has 7 heteroatoms. The van der Waals surface area contributed by atoms with Crippen molar-refractivity contribution in [1.29, 1.82) is 0 Å². The van der Waals surface area contributed by atoms with Gasteiger partial charge in [-0.05, 0) is 55.8 Å². The second-order valence-electron chi connectivity index (χ2n) is 6.83. The molecule has 0 spiro atoms. The van der Waals surface area contributed by atoms with Gasteiger partial charge in [0.2, 0.25) is 15.7 Å². The number of nitrogens with one attached hydrogen (secondary N) is 1. The lowest BCUT2D eigenvalue weighted by Crippen LogP contribution is -2.01. The molecule has 0 saturated heterocycles. The maximum atomic E-state index is 12.7. The van der Waals surface area contributed by atoms with E-state index in [2.05, 4.69) is 15.2 Å². The largest absolute Gasteiger partial charge is 0.493 e. The first-order chi connectivity index (χ1) is 13.9. The molecule has 0 saturated carbocycles. The van der Waals surface area contributed by atoms with Gasteiger partial charge >= 0.3 is 0 Å². The zero-order valence-electron chi connectivity index (χ0n) is 15.9. The molecule has 4 rings (SSSR count). The molecule has 146 valence electrons. The van der Waals surface area contributed by atoms with Gasteiger partial charge in [-0.2, -0.15) is 5.11 Å². The lowest BCUT2D eigenvalue weighted by molar-refractivity contribution is 0.459. The quantitative estimate of drug-likeness (QED) is 0.424. The third-order valence-electron chi connectivity index (χ3n) is 4.74. The van der Waals surface area contributed by atoms with Gasteiger partial charge in [0.15, 0.2) is 5.69 Å². The third-order valence-corrected chi connectivity index (χ3v) is 6.52. The Morgan fingerprint density at radius 2 is 1.45 bits per heavy atom. The van der Waals surface area contributed by atoms with Crippen LogP contribution in [0.4, 0.5) is 11.4 Å². The molecule has 0 amide bonds. The third kappa shape index (κ3) is 3.52. The summed E-state index contributed by atoms with van der Waals surface area (Å²) in [6, 6.07) is 18.6. The molecular formula is C22H19N3O3S. The highest BCUT2D eigenvalue weighted by molar-refractivity contribution is 7.91. The number of hydrogen-bond donors (Lipinski definition) is 2. The summed E-state index contributed by atoms with van der Waals surface area (Å²) in [7, 11) is -3.59. The second kappa shape index (κ2) is 7.18. The minimum Gasteiger partial charge on any atom is -0.493 e. The number of sulfone groups is 1. The van der Waals surface area contributed by atoms with E-state index in [0.29, 0.717) is 11.4 Å². The van der Waals surface area contributed by atoms with Crippen LogP contribution in [-0.2, 0) is 9.84 Å². The molecule has 0 unspecified atom stereocenters. The van der Waals surface area contributed by atoms with Crippen molar-refractivity contribution in [2.24, 2.45) is 10.2 Å². The van der Waals surface area contributed by atoms with Crippen molar-refractivity contribution in [2.75, 3.05) is 0 Å². The summed E-state index contributed by atoms with van der Waals surface area (Å²) in [5.41, 5.74) is 3.62. The van der Waals surface area contributed by atoms with E-state index in [0.717, 1.165) is 22.0 Å². The zero-order chi connectivity index (χ0) is 20.6. The van der Waals surface area contributed by atoms with E-state index < -0.39 is 9.84 Å². The number of para-hydroxylation sites is 1. The maximum Gasteiger partial charge on any atom is 0.218 e. The van der Waals surface area contributed by atoms with E-state index in [-0.39, 0.29) is 15.7 Å². The first-order valence-electron chi connectivity index (χ1n) is 9.00. The van der Waals surface area contributed by atoms with Crippen LogP contribution in [0, 0.1) is 13.8 Å². The van der Waals surface area contributed by atoms with E-state index >= 15 is 0 Å². The number of H-pyrrole nitrogens is 1. The SMILES string of the molecule is Cc1ccc(S(=O)(=O)c2ccc(N=Nc3c(O)[nH]c4c(C)cccc34)cc2)cc1. The number of aryl methyl sites for hydroxylation is 2. The highest BCUT2D eigenvalue weighted by Gasteiger charge is 2.17. The van der Waals surface area contributed by atoms with Gasteiger partial charge in [0.05, 0.1) is 21.0 Å². The predicted molar refractivity (Wildman–Crippen MR) is 112 cm³/mol.